The van der Waals surface area contributed by atoms with Crippen molar-refractivity contribution in [2.75, 3.05) is 0 Å². The molecule has 0 N–H and O–H groups in total. The Morgan fingerprint density at radius 2 is 2.11 bits per heavy atom. The highest BCUT2D eigenvalue weighted by Gasteiger charge is 1.80. The van der Waals surface area contributed by atoms with Crippen LogP contribution in [-0.4, -0.2) is 9.52 Å². The molecule has 0 fully saturated rings. The second-order valence-electron chi connectivity index (χ2n) is 2.38. The standard InChI is InChI=1S/C8H18Si/c1-3-5-7-9-8-6-4-2/h5,7H,3-4,6,8-9H2,1-2H3. The molecule has 9 heavy (non-hydrogen) atoms. The lowest BCUT2D eigenvalue weighted by Crippen LogP contribution is -1.82. The molecule has 0 radical (unpaired) electrons. The lowest BCUT2D eigenvalue weighted by Gasteiger charge is -1.88. The minimum Gasteiger partial charge on any atom is -0.105 e. The van der Waals surface area contributed by atoms with Gasteiger partial charge in [-0.1, -0.05) is 38.8 Å². The lowest BCUT2D eigenvalue weighted by atomic mass is 10.4. The summed E-state index contributed by atoms with van der Waals surface area (Å²) in [6.45, 7) is 4.46. The van der Waals surface area contributed by atoms with Crippen molar-refractivity contribution in [1.82, 2.24) is 0 Å². The van der Waals surface area contributed by atoms with Crippen LogP contribution in [0.4, 0.5) is 0 Å². The lowest BCUT2D eigenvalue weighted by molar-refractivity contribution is 0.881. The first-order chi connectivity index (χ1) is 4.41. The second kappa shape index (κ2) is 7.96. The molecule has 0 bridgehead atoms. The summed E-state index contributed by atoms with van der Waals surface area (Å²) in [5.41, 5.74) is 2.43. The van der Waals surface area contributed by atoms with Gasteiger partial charge in [0.05, 0.1) is 0 Å². The van der Waals surface area contributed by atoms with E-state index in [0.29, 0.717) is 0 Å². The first kappa shape index (κ1) is 8.96. The second-order valence-corrected chi connectivity index (χ2v) is 4.13. The zero-order chi connectivity index (χ0) is 6.95. The van der Waals surface area contributed by atoms with Crippen LogP contribution in [0.5, 0.6) is 0 Å². The number of allylic oxidation sites excluding steroid dienone is 1. The smallest absolute Gasteiger partial charge is 0.0450 e. The number of rotatable bonds is 5. The molecule has 0 aliphatic heterocycles. The molecule has 0 unspecified atom stereocenters. The fraction of sp³-hybridized carbons (Fsp3) is 0.750. The molecule has 0 nitrogen and oxygen atoms in total. The largest absolute Gasteiger partial charge is 0.105 e. The van der Waals surface area contributed by atoms with Crippen LogP contribution in [0.25, 0.3) is 0 Å². The molecular weight excluding hydrogens is 124 g/mol. The Kier molecular flexibility index (Phi) is 7.92. The summed E-state index contributed by atoms with van der Waals surface area (Å²) < 4.78 is 0. The molecule has 0 aliphatic rings. The summed E-state index contributed by atoms with van der Waals surface area (Å²) in [6.07, 6.45) is 6.34. The van der Waals surface area contributed by atoms with Crippen molar-refractivity contribution in [3.8, 4) is 0 Å². The molecule has 0 saturated carbocycles. The Morgan fingerprint density at radius 3 is 2.67 bits per heavy atom. The van der Waals surface area contributed by atoms with Gasteiger partial charge in [0.2, 0.25) is 0 Å². The van der Waals surface area contributed by atoms with Crippen molar-refractivity contribution < 1.29 is 0 Å². The van der Waals surface area contributed by atoms with Crippen LogP contribution in [0.1, 0.15) is 33.1 Å². The summed E-state index contributed by atoms with van der Waals surface area (Å²) in [6, 6.07) is 1.51. The predicted molar refractivity (Wildman–Crippen MR) is 47.7 cm³/mol. The molecule has 0 rings (SSSR count). The minimum absolute atomic E-state index is 0.209. The molecule has 0 aromatic carbocycles. The van der Waals surface area contributed by atoms with Gasteiger partial charge in [-0.3, -0.25) is 0 Å². The van der Waals surface area contributed by atoms with E-state index < -0.39 is 0 Å². The average Bonchev–Trinajstić information content (AvgIpc) is 1.89. The van der Waals surface area contributed by atoms with E-state index >= 15 is 0 Å². The molecule has 0 saturated heterocycles. The summed E-state index contributed by atoms with van der Waals surface area (Å²) in [4.78, 5) is 0. The van der Waals surface area contributed by atoms with E-state index in [1.165, 1.54) is 25.3 Å². The summed E-state index contributed by atoms with van der Waals surface area (Å²) in [7, 11) is 0.209. The summed E-state index contributed by atoms with van der Waals surface area (Å²) in [5, 5.41) is 0. The van der Waals surface area contributed by atoms with Crippen molar-refractivity contribution in [2.24, 2.45) is 0 Å². The van der Waals surface area contributed by atoms with Gasteiger partial charge in [0.15, 0.2) is 0 Å². The quantitative estimate of drug-likeness (QED) is 0.408. The third kappa shape index (κ3) is 7.96. The minimum atomic E-state index is 0.209. The van der Waals surface area contributed by atoms with Crippen LogP contribution < -0.4 is 0 Å². The van der Waals surface area contributed by atoms with Gasteiger partial charge >= 0.3 is 0 Å². The third-order valence-corrected chi connectivity index (χ3v) is 2.95. The molecule has 54 valence electrons. The van der Waals surface area contributed by atoms with Crippen LogP contribution in [-0.2, 0) is 0 Å². The fourth-order valence-corrected chi connectivity index (χ4v) is 2.39. The predicted octanol–water partition coefficient (Wildman–Crippen LogP) is 2.30. The van der Waals surface area contributed by atoms with Crippen LogP contribution in [0.2, 0.25) is 6.04 Å². The molecular formula is C8H18Si. The molecule has 0 aliphatic carbocycles. The molecule has 0 aromatic heterocycles. The van der Waals surface area contributed by atoms with E-state index in [1.807, 2.05) is 0 Å². The Hall–Kier alpha value is -0.0431. The maximum atomic E-state index is 2.43. The molecule has 0 heterocycles. The number of hydrogen-bond acceptors (Lipinski definition) is 0. The molecule has 0 spiro atoms. The molecule has 1 heteroatoms. The average molecular weight is 142 g/mol. The number of unbranched alkanes of at least 4 members (excludes halogenated alkanes) is 1. The maximum absolute atomic E-state index is 2.43. The summed E-state index contributed by atoms with van der Waals surface area (Å²) >= 11 is 0. The zero-order valence-electron chi connectivity index (χ0n) is 6.69. The van der Waals surface area contributed by atoms with Crippen LogP contribution in [0.15, 0.2) is 11.8 Å². The maximum Gasteiger partial charge on any atom is 0.0450 e. The van der Waals surface area contributed by atoms with Gasteiger partial charge in [-0.25, -0.2) is 0 Å². The van der Waals surface area contributed by atoms with Crippen molar-refractivity contribution in [3.05, 3.63) is 11.8 Å². The van der Waals surface area contributed by atoms with Crippen molar-refractivity contribution in [2.45, 2.75) is 39.2 Å². The van der Waals surface area contributed by atoms with E-state index in [4.69, 9.17) is 0 Å². The van der Waals surface area contributed by atoms with E-state index in [9.17, 15) is 0 Å². The summed E-state index contributed by atoms with van der Waals surface area (Å²) in [5.74, 6) is 0. The van der Waals surface area contributed by atoms with Crippen molar-refractivity contribution >= 4 is 9.52 Å². The normalized spacial score (nSPS) is 12.2. The third-order valence-electron chi connectivity index (χ3n) is 1.38. The first-order valence-corrected chi connectivity index (χ1v) is 5.88. The van der Waals surface area contributed by atoms with Crippen LogP contribution in [0.3, 0.4) is 0 Å². The highest BCUT2D eigenvalue weighted by Crippen LogP contribution is 1.93. The Morgan fingerprint density at radius 1 is 1.33 bits per heavy atom. The molecule has 0 amide bonds. The highest BCUT2D eigenvalue weighted by atomic mass is 28.2. The van der Waals surface area contributed by atoms with E-state index in [2.05, 4.69) is 25.6 Å². The van der Waals surface area contributed by atoms with E-state index in [-0.39, 0.29) is 9.52 Å². The van der Waals surface area contributed by atoms with Crippen LogP contribution >= 0.6 is 0 Å². The van der Waals surface area contributed by atoms with Gasteiger partial charge in [-0.15, -0.1) is 5.70 Å². The van der Waals surface area contributed by atoms with Gasteiger partial charge in [-0.05, 0) is 6.42 Å². The van der Waals surface area contributed by atoms with E-state index in [0.717, 1.165) is 0 Å². The van der Waals surface area contributed by atoms with Crippen molar-refractivity contribution in [3.63, 3.8) is 0 Å². The Balaban J connectivity index is 2.82. The van der Waals surface area contributed by atoms with Gasteiger partial charge in [0.1, 0.15) is 0 Å². The van der Waals surface area contributed by atoms with Gasteiger partial charge < -0.3 is 0 Å². The highest BCUT2D eigenvalue weighted by molar-refractivity contribution is 6.41. The van der Waals surface area contributed by atoms with Gasteiger partial charge in [0.25, 0.3) is 0 Å². The monoisotopic (exact) mass is 142 g/mol. The topological polar surface area (TPSA) is 0 Å². The Bertz CT molecular complexity index is 67.0. The Labute approximate surface area is 61.2 Å². The molecule has 0 atom stereocenters. The van der Waals surface area contributed by atoms with Crippen LogP contribution in [0, 0.1) is 0 Å². The van der Waals surface area contributed by atoms with Crippen molar-refractivity contribution in [1.29, 1.82) is 0 Å². The molecule has 0 aromatic rings. The van der Waals surface area contributed by atoms with Gasteiger partial charge in [-0.2, -0.15) is 0 Å². The SMILES string of the molecule is CCC=C[SiH2]CCCC. The van der Waals surface area contributed by atoms with E-state index in [1.54, 1.807) is 0 Å². The number of hydrogen-bond donors (Lipinski definition) is 0. The van der Waals surface area contributed by atoms with Gasteiger partial charge in [0, 0.05) is 9.52 Å². The zero-order valence-corrected chi connectivity index (χ0v) is 8.10. The first-order valence-electron chi connectivity index (χ1n) is 4.06. The fourth-order valence-electron chi connectivity index (χ4n) is 0.797.